The van der Waals surface area contributed by atoms with Crippen LogP contribution in [0.15, 0.2) is 30.3 Å². The number of piperidine rings is 1. The van der Waals surface area contributed by atoms with E-state index in [1.807, 2.05) is 0 Å². The molecule has 1 heterocycles. The fourth-order valence-electron chi connectivity index (χ4n) is 3.83. The van der Waals surface area contributed by atoms with Gasteiger partial charge in [0, 0.05) is 38.9 Å². The summed E-state index contributed by atoms with van der Waals surface area (Å²) in [5.74, 6) is -0.427. The largest absolute Gasteiger partial charge is 0.504 e. The van der Waals surface area contributed by atoms with E-state index in [9.17, 15) is 14.3 Å². The maximum Gasteiger partial charge on any atom is 0.255 e. The van der Waals surface area contributed by atoms with Gasteiger partial charge in [0.25, 0.3) is 5.91 Å². The van der Waals surface area contributed by atoms with Gasteiger partial charge in [-0.1, -0.05) is 11.6 Å². The van der Waals surface area contributed by atoms with Gasteiger partial charge in [-0.05, 0) is 31.0 Å². The summed E-state index contributed by atoms with van der Waals surface area (Å²) < 4.78 is 29.5. The molecule has 0 bridgehead atoms. The number of nitrogens with two attached hydrogens (primary N) is 1. The van der Waals surface area contributed by atoms with Crippen LogP contribution in [0.4, 0.5) is 10.1 Å². The first-order valence-electron chi connectivity index (χ1n) is 10.6. The van der Waals surface area contributed by atoms with E-state index in [4.69, 9.17) is 31.5 Å². The number of hydrogen-bond donors (Lipinski definition) is 3. The predicted octanol–water partition coefficient (Wildman–Crippen LogP) is 3.06. The highest BCUT2D eigenvalue weighted by Crippen LogP contribution is 2.29. The molecule has 10 heteroatoms. The fourth-order valence-corrected chi connectivity index (χ4v) is 4.00. The predicted molar refractivity (Wildman–Crippen MR) is 124 cm³/mol. The smallest absolute Gasteiger partial charge is 0.255 e. The van der Waals surface area contributed by atoms with Gasteiger partial charge in [0.15, 0.2) is 11.5 Å². The number of anilines is 1. The molecular formula is C23H29ClFN3O5. The number of halogens is 2. The summed E-state index contributed by atoms with van der Waals surface area (Å²) in [5, 5.41) is 13.0. The zero-order valence-electron chi connectivity index (χ0n) is 18.6. The Morgan fingerprint density at radius 3 is 2.79 bits per heavy atom. The second kappa shape index (κ2) is 11.4. The molecule has 1 aliphatic rings. The van der Waals surface area contributed by atoms with Crippen LogP contribution in [0.25, 0.3) is 0 Å². The van der Waals surface area contributed by atoms with Gasteiger partial charge < -0.3 is 35.3 Å². The number of nitrogens with one attached hydrogen (secondary N) is 1. The van der Waals surface area contributed by atoms with Gasteiger partial charge in [0.1, 0.15) is 11.6 Å². The molecule has 33 heavy (non-hydrogen) atoms. The minimum atomic E-state index is -0.515. The summed E-state index contributed by atoms with van der Waals surface area (Å²) in [5.41, 5.74) is 6.45. The molecule has 0 radical (unpaired) electrons. The average Bonchev–Trinajstić information content (AvgIpc) is 2.80. The number of carbonyl (C=O) groups excluding carboxylic acids is 1. The zero-order chi connectivity index (χ0) is 24.0. The molecule has 2 aromatic carbocycles. The summed E-state index contributed by atoms with van der Waals surface area (Å²) in [6, 6.07) is 6.52. The van der Waals surface area contributed by atoms with E-state index in [-0.39, 0.29) is 34.6 Å². The van der Waals surface area contributed by atoms with Gasteiger partial charge in [-0.3, -0.25) is 4.79 Å². The lowest BCUT2D eigenvalue weighted by Crippen LogP contribution is -2.55. The van der Waals surface area contributed by atoms with Crippen LogP contribution in [0.5, 0.6) is 17.2 Å². The monoisotopic (exact) mass is 481 g/mol. The molecule has 1 aliphatic heterocycles. The van der Waals surface area contributed by atoms with Gasteiger partial charge in [0.2, 0.25) is 0 Å². The summed E-state index contributed by atoms with van der Waals surface area (Å²) in [7, 11) is 3.09. The molecule has 8 nitrogen and oxygen atoms in total. The topological polar surface area (TPSA) is 106 Å². The Labute approximate surface area is 197 Å². The number of phenolic OH excluding ortho intramolecular Hbond substituents is 1. The van der Waals surface area contributed by atoms with Gasteiger partial charge in [-0.2, -0.15) is 0 Å². The minimum absolute atomic E-state index is 0.174. The number of benzene rings is 2. The molecule has 0 saturated carbocycles. The number of rotatable bonds is 9. The Morgan fingerprint density at radius 2 is 2.09 bits per heavy atom. The average molecular weight is 482 g/mol. The molecular weight excluding hydrogens is 453 g/mol. The van der Waals surface area contributed by atoms with Crippen LogP contribution in [0.1, 0.15) is 23.2 Å². The second-order valence-electron chi connectivity index (χ2n) is 7.83. The zero-order valence-corrected chi connectivity index (χ0v) is 19.4. The van der Waals surface area contributed by atoms with Crippen LogP contribution >= 0.6 is 11.6 Å². The van der Waals surface area contributed by atoms with Crippen molar-refractivity contribution in [3.05, 3.63) is 46.7 Å². The maximum absolute atomic E-state index is 13.1. The molecule has 2 aromatic rings. The van der Waals surface area contributed by atoms with E-state index >= 15 is 0 Å². The van der Waals surface area contributed by atoms with Crippen molar-refractivity contribution in [3.63, 3.8) is 0 Å². The highest BCUT2D eigenvalue weighted by Gasteiger charge is 2.31. The molecule has 3 rings (SSSR count). The molecule has 0 aliphatic carbocycles. The number of ether oxygens (including phenoxy) is 3. The first-order valence-corrected chi connectivity index (χ1v) is 11.0. The Hall–Kier alpha value is -2.75. The quantitative estimate of drug-likeness (QED) is 0.373. The third-order valence-electron chi connectivity index (χ3n) is 5.62. The molecule has 180 valence electrons. The lowest BCUT2D eigenvalue weighted by Gasteiger charge is -2.38. The molecule has 0 aromatic heterocycles. The van der Waals surface area contributed by atoms with Crippen molar-refractivity contribution in [2.75, 3.05) is 46.2 Å². The summed E-state index contributed by atoms with van der Waals surface area (Å²) in [6.07, 6.45) is 1.22. The van der Waals surface area contributed by atoms with Crippen LogP contribution in [-0.4, -0.2) is 68.5 Å². The normalized spacial score (nSPS) is 18.7. The number of phenols is 1. The maximum atomic E-state index is 13.1. The number of likely N-dealkylation sites (tertiary alicyclic amines) is 1. The van der Waals surface area contributed by atoms with Crippen LogP contribution in [-0.2, 0) is 4.74 Å². The number of nitrogens with zero attached hydrogens (tertiary/aromatic N) is 1. The van der Waals surface area contributed by atoms with Gasteiger partial charge in [-0.25, -0.2) is 4.39 Å². The Balaban J connectivity index is 1.50. The van der Waals surface area contributed by atoms with Gasteiger partial charge in [-0.15, -0.1) is 0 Å². The van der Waals surface area contributed by atoms with Crippen molar-refractivity contribution >= 4 is 23.2 Å². The van der Waals surface area contributed by atoms with Crippen molar-refractivity contribution in [2.24, 2.45) is 0 Å². The van der Waals surface area contributed by atoms with Crippen LogP contribution < -0.4 is 20.5 Å². The fraction of sp³-hybridized carbons (Fsp3) is 0.435. The van der Waals surface area contributed by atoms with E-state index in [1.165, 1.54) is 31.4 Å². The number of carbonyl (C=O) groups is 1. The summed E-state index contributed by atoms with van der Waals surface area (Å²) >= 11 is 6.09. The number of aromatic hydroxyl groups is 1. The molecule has 1 saturated heterocycles. The highest BCUT2D eigenvalue weighted by molar-refractivity contribution is 6.33. The van der Waals surface area contributed by atoms with Crippen LogP contribution in [0.2, 0.25) is 5.02 Å². The SMILES string of the molecule is COc1cc(N)c(Cl)cc1C(=O)NC1CCN(CCCOc2ccc(F)cc2O)CC1OC. The van der Waals surface area contributed by atoms with Crippen LogP contribution in [0, 0.1) is 5.82 Å². The first kappa shape index (κ1) is 24.9. The number of hydrogen-bond acceptors (Lipinski definition) is 7. The molecule has 0 spiro atoms. The third-order valence-corrected chi connectivity index (χ3v) is 5.95. The van der Waals surface area contributed by atoms with E-state index in [0.29, 0.717) is 43.0 Å². The Bertz CT molecular complexity index is 977. The van der Waals surface area contributed by atoms with E-state index in [1.54, 1.807) is 7.11 Å². The van der Waals surface area contributed by atoms with Crippen LogP contribution in [0.3, 0.4) is 0 Å². The molecule has 2 atom stereocenters. The van der Waals surface area contributed by atoms with E-state index in [0.717, 1.165) is 19.2 Å². The Morgan fingerprint density at radius 1 is 1.30 bits per heavy atom. The van der Waals surface area contributed by atoms with Crippen molar-refractivity contribution < 1.29 is 28.5 Å². The summed E-state index contributed by atoms with van der Waals surface area (Å²) in [4.78, 5) is 15.1. The van der Waals surface area contributed by atoms with Crippen molar-refractivity contribution in [1.82, 2.24) is 10.2 Å². The second-order valence-corrected chi connectivity index (χ2v) is 8.24. The number of amides is 1. The molecule has 2 unspecified atom stereocenters. The lowest BCUT2D eigenvalue weighted by atomic mass is 10.0. The number of nitrogen functional groups attached to an aromatic ring is 1. The van der Waals surface area contributed by atoms with Crippen molar-refractivity contribution in [2.45, 2.75) is 25.0 Å². The van der Waals surface area contributed by atoms with Gasteiger partial charge >= 0.3 is 0 Å². The Kier molecular flexibility index (Phi) is 8.60. The third kappa shape index (κ3) is 6.40. The first-order chi connectivity index (χ1) is 15.8. The van der Waals surface area contributed by atoms with E-state index < -0.39 is 5.82 Å². The lowest BCUT2D eigenvalue weighted by molar-refractivity contribution is 0.00525. The number of methoxy groups -OCH3 is 2. The van der Waals surface area contributed by atoms with E-state index in [2.05, 4.69) is 10.2 Å². The minimum Gasteiger partial charge on any atom is -0.504 e. The standard InChI is InChI=1S/C23H29ClFN3O5/c1-31-21-12-17(26)16(24)11-15(21)23(30)27-18-6-8-28(13-22(18)32-2)7-3-9-33-20-5-4-14(25)10-19(20)29/h4-5,10-12,18,22,29H,3,6-9,13,26H2,1-2H3,(H,27,30). The molecule has 1 fully saturated rings. The summed E-state index contributed by atoms with van der Waals surface area (Å²) in [6.45, 7) is 2.55. The molecule has 4 N–H and O–H groups in total. The highest BCUT2D eigenvalue weighted by atomic mass is 35.5. The van der Waals surface area contributed by atoms with Crippen molar-refractivity contribution in [3.8, 4) is 17.2 Å². The molecule has 1 amide bonds. The van der Waals surface area contributed by atoms with Crippen molar-refractivity contribution in [1.29, 1.82) is 0 Å². The van der Waals surface area contributed by atoms with Gasteiger partial charge in [0.05, 0.1) is 42.1 Å².